The van der Waals surface area contributed by atoms with E-state index < -0.39 is 5.67 Å². The Morgan fingerprint density at radius 1 is 1.17 bits per heavy atom. The molecule has 1 aliphatic carbocycles. The molecule has 1 saturated carbocycles. The number of halogens is 1. The highest BCUT2D eigenvalue weighted by molar-refractivity contribution is 5.95. The van der Waals surface area contributed by atoms with Crippen LogP contribution in [0, 0.1) is 0 Å². The van der Waals surface area contributed by atoms with Gasteiger partial charge >= 0.3 is 0 Å². The summed E-state index contributed by atoms with van der Waals surface area (Å²) in [7, 11) is 1.53. The second kappa shape index (κ2) is 7.36. The van der Waals surface area contributed by atoms with Gasteiger partial charge in [0.05, 0.1) is 7.11 Å². The zero-order valence-electron chi connectivity index (χ0n) is 17.3. The maximum Gasteiger partial charge on any atom is 0.254 e. The lowest BCUT2D eigenvalue weighted by atomic mass is 9.57. The summed E-state index contributed by atoms with van der Waals surface area (Å²) in [4.78, 5) is 15.1. The maximum absolute atomic E-state index is 13.7. The van der Waals surface area contributed by atoms with Crippen LogP contribution in [0.25, 0.3) is 0 Å². The van der Waals surface area contributed by atoms with Crippen molar-refractivity contribution in [3.63, 3.8) is 0 Å². The van der Waals surface area contributed by atoms with Crippen molar-refractivity contribution in [2.24, 2.45) is 0 Å². The molecule has 0 radical (unpaired) electrons. The molecule has 3 fully saturated rings. The van der Waals surface area contributed by atoms with Gasteiger partial charge in [-0.15, -0.1) is 0 Å². The molecule has 4 nitrogen and oxygen atoms in total. The van der Waals surface area contributed by atoms with Crippen LogP contribution in [-0.4, -0.2) is 42.8 Å². The quantitative estimate of drug-likeness (QED) is 0.705. The van der Waals surface area contributed by atoms with Gasteiger partial charge in [-0.2, -0.15) is 0 Å². The number of piperidine rings is 2. The molecule has 2 bridgehead atoms. The third kappa shape index (κ3) is 3.83. The molecule has 29 heavy (non-hydrogen) atoms. The van der Waals surface area contributed by atoms with Gasteiger partial charge in [0, 0.05) is 23.6 Å². The number of carbonyl (C=O) groups is 1. The molecular weight excluding hydrogens is 369 g/mol. The molecule has 0 aromatic heterocycles. The smallest absolute Gasteiger partial charge is 0.254 e. The first-order valence-electron chi connectivity index (χ1n) is 10.2. The van der Waals surface area contributed by atoms with Crippen LogP contribution in [0.5, 0.6) is 11.5 Å². The highest BCUT2D eigenvalue weighted by Gasteiger charge is 2.52. The number of nitrogens with zero attached hydrogens (tertiary/aromatic N) is 1. The van der Waals surface area contributed by atoms with E-state index in [-0.39, 0.29) is 24.0 Å². The lowest BCUT2D eigenvalue weighted by Crippen LogP contribution is -2.61. The summed E-state index contributed by atoms with van der Waals surface area (Å²) in [5.41, 5.74) is 0.759. The van der Waals surface area contributed by atoms with Crippen molar-refractivity contribution in [3.8, 4) is 11.5 Å². The third-order valence-corrected chi connectivity index (χ3v) is 6.15. The first-order chi connectivity index (χ1) is 13.8. The van der Waals surface area contributed by atoms with E-state index in [0.717, 1.165) is 25.8 Å². The van der Waals surface area contributed by atoms with Gasteiger partial charge < -0.3 is 14.4 Å². The summed E-state index contributed by atoms with van der Waals surface area (Å²) in [6.07, 6.45) is 3.03. The summed E-state index contributed by atoms with van der Waals surface area (Å²) in [5, 5.41) is 0. The second-order valence-corrected chi connectivity index (χ2v) is 8.83. The predicted octanol–water partition coefficient (Wildman–Crippen LogP) is 4.77. The number of rotatable bonds is 6. The summed E-state index contributed by atoms with van der Waals surface area (Å²) in [6.45, 7) is 3.60. The minimum absolute atomic E-state index is 0.0204. The molecule has 2 aliphatic heterocycles. The highest BCUT2D eigenvalue weighted by Crippen LogP contribution is 2.52. The van der Waals surface area contributed by atoms with E-state index in [1.807, 2.05) is 11.0 Å². The average Bonchev–Trinajstić information content (AvgIpc) is 2.71. The van der Waals surface area contributed by atoms with Crippen molar-refractivity contribution in [2.45, 2.75) is 50.2 Å². The number of carbonyl (C=O) groups excluding carboxylic acids is 1. The minimum Gasteiger partial charge on any atom is -0.493 e. The number of ether oxygens (including phenoxy) is 2. The Morgan fingerprint density at radius 2 is 1.90 bits per heavy atom. The number of hydrogen-bond acceptors (Lipinski definition) is 3. The van der Waals surface area contributed by atoms with E-state index in [2.05, 4.69) is 24.3 Å². The number of hydrogen-bond donors (Lipinski definition) is 0. The average molecular weight is 397 g/mol. The highest BCUT2D eigenvalue weighted by atomic mass is 19.1. The first kappa shape index (κ1) is 19.7. The van der Waals surface area contributed by atoms with E-state index in [0.29, 0.717) is 17.1 Å². The van der Waals surface area contributed by atoms with Crippen molar-refractivity contribution >= 4 is 5.91 Å². The van der Waals surface area contributed by atoms with Crippen LogP contribution in [0.2, 0.25) is 0 Å². The van der Waals surface area contributed by atoms with Gasteiger partial charge in [0.25, 0.3) is 5.91 Å². The van der Waals surface area contributed by atoms with Crippen LogP contribution < -0.4 is 9.47 Å². The fourth-order valence-corrected chi connectivity index (χ4v) is 4.56. The van der Waals surface area contributed by atoms with Crippen molar-refractivity contribution in [3.05, 3.63) is 59.7 Å². The standard InChI is InChI=1S/C24H28FNO3/c1-23(2,25)16-29-20-10-9-17(13-21(20)28-3)22(27)26-12-11-24(14-19(26)15-24)18-7-5-4-6-8-18/h4-10,13,19H,11-12,14-16H2,1-3H3. The van der Waals surface area contributed by atoms with E-state index in [1.165, 1.54) is 26.5 Å². The number of benzene rings is 2. The summed E-state index contributed by atoms with van der Waals surface area (Å²) < 4.78 is 24.7. The molecule has 0 spiro atoms. The molecular formula is C24H28FNO3. The van der Waals surface area contributed by atoms with Gasteiger partial charge in [-0.25, -0.2) is 4.39 Å². The third-order valence-electron chi connectivity index (χ3n) is 6.15. The molecule has 2 saturated heterocycles. The Kier molecular flexibility index (Phi) is 5.01. The molecule has 2 aromatic rings. The number of amides is 1. The van der Waals surface area contributed by atoms with Crippen molar-refractivity contribution in [2.75, 3.05) is 20.3 Å². The van der Waals surface area contributed by atoms with Gasteiger partial charge in [0.15, 0.2) is 11.5 Å². The van der Waals surface area contributed by atoms with Crippen LogP contribution >= 0.6 is 0 Å². The van der Waals surface area contributed by atoms with E-state index in [1.54, 1.807) is 18.2 Å². The molecule has 2 aromatic carbocycles. The summed E-state index contributed by atoms with van der Waals surface area (Å²) in [5.74, 6) is 0.913. The van der Waals surface area contributed by atoms with Crippen LogP contribution in [0.3, 0.4) is 0 Å². The largest absolute Gasteiger partial charge is 0.493 e. The Bertz CT molecular complexity index is 879. The molecule has 0 unspecified atom stereocenters. The zero-order chi connectivity index (χ0) is 20.6. The fourth-order valence-electron chi connectivity index (χ4n) is 4.56. The fraction of sp³-hybridized carbons (Fsp3) is 0.458. The Hall–Kier alpha value is -2.56. The summed E-state index contributed by atoms with van der Waals surface area (Å²) in [6, 6.07) is 16.0. The monoisotopic (exact) mass is 397 g/mol. The number of methoxy groups -OCH3 is 1. The topological polar surface area (TPSA) is 38.8 Å². The summed E-state index contributed by atoms with van der Waals surface area (Å²) >= 11 is 0. The Labute approximate surface area is 171 Å². The van der Waals surface area contributed by atoms with Gasteiger partial charge in [0.1, 0.15) is 12.3 Å². The van der Waals surface area contributed by atoms with Crippen molar-refractivity contribution in [1.82, 2.24) is 4.90 Å². The van der Waals surface area contributed by atoms with Crippen LogP contribution in [-0.2, 0) is 5.41 Å². The Balaban J connectivity index is 1.46. The van der Waals surface area contributed by atoms with Crippen LogP contribution in [0.15, 0.2) is 48.5 Å². The lowest BCUT2D eigenvalue weighted by molar-refractivity contribution is -0.00435. The first-order valence-corrected chi connectivity index (χ1v) is 10.2. The van der Waals surface area contributed by atoms with Gasteiger partial charge in [-0.3, -0.25) is 4.79 Å². The molecule has 0 atom stereocenters. The van der Waals surface area contributed by atoms with E-state index in [4.69, 9.17) is 9.47 Å². The molecule has 3 aliphatic rings. The van der Waals surface area contributed by atoms with Gasteiger partial charge in [0.2, 0.25) is 0 Å². The molecule has 5 rings (SSSR count). The molecule has 0 N–H and O–H groups in total. The van der Waals surface area contributed by atoms with Crippen molar-refractivity contribution < 1.29 is 18.7 Å². The maximum atomic E-state index is 13.7. The second-order valence-electron chi connectivity index (χ2n) is 8.83. The molecule has 2 heterocycles. The SMILES string of the molecule is COc1cc(C(=O)N2CCC3(c4ccccc4)CC2C3)ccc1OCC(C)(C)F. The van der Waals surface area contributed by atoms with E-state index in [9.17, 15) is 9.18 Å². The normalized spacial score (nSPS) is 23.3. The van der Waals surface area contributed by atoms with Crippen molar-refractivity contribution in [1.29, 1.82) is 0 Å². The minimum atomic E-state index is -1.44. The zero-order valence-corrected chi connectivity index (χ0v) is 17.3. The molecule has 1 amide bonds. The lowest BCUT2D eigenvalue weighted by Gasteiger charge is -2.58. The molecule has 154 valence electrons. The van der Waals surface area contributed by atoms with Crippen LogP contribution in [0.1, 0.15) is 49.0 Å². The molecule has 5 heteroatoms. The predicted molar refractivity (Wildman–Crippen MR) is 110 cm³/mol. The van der Waals surface area contributed by atoms with Gasteiger partial charge in [-0.05, 0) is 56.9 Å². The van der Waals surface area contributed by atoms with Crippen LogP contribution in [0.4, 0.5) is 4.39 Å². The Morgan fingerprint density at radius 3 is 2.48 bits per heavy atom. The number of alkyl halides is 1. The number of fused-ring (bicyclic) bond motifs is 2. The van der Waals surface area contributed by atoms with Gasteiger partial charge in [-0.1, -0.05) is 30.3 Å². The van der Waals surface area contributed by atoms with E-state index >= 15 is 0 Å².